The van der Waals surface area contributed by atoms with Gasteiger partial charge in [0.15, 0.2) is 0 Å². The van der Waals surface area contributed by atoms with Crippen LogP contribution in [0.3, 0.4) is 0 Å². The Labute approximate surface area is 181 Å². The highest BCUT2D eigenvalue weighted by Crippen LogP contribution is 2.27. The normalized spacial score (nSPS) is 15.6. The van der Waals surface area contributed by atoms with Gasteiger partial charge in [0.25, 0.3) is 11.5 Å². The van der Waals surface area contributed by atoms with Gasteiger partial charge in [-0.2, -0.15) is 0 Å². The third-order valence-corrected chi connectivity index (χ3v) is 5.76. The van der Waals surface area contributed by atoms with Crippen molar-refractivity contribution in [2.45, 2.75) is 44.9 Å². The molecule has 1 amide bonds. The number of methoxy groups -OCH3 is 1. The number of carbonyl (C=O) groups is 1. The number of aliphatic hydroxyl groups excluding tert-OH is 1. The highest BCUT2D eigenvalue weighted by Gasteiger charge is 2.24. The van der Waals surface area contributed by atoms with Crippen molar-refractivity contribution >= 4 is 29.0 Å². The lowest BCUT2D eigenvalue weighted by Gasteiger charge is -2.27. The van der Waals surface area contributed by atoms with E-state index in [0.717, 1.165) is 25.7 Å². The van der Waals surface area contributed by atoms with E-state index >= 15 is 0 Å². The van der Waals surface area contributed by atoms with Crippen LogP contribution in [0.1, 0.15) is 42.5 Å². The van der Waals surface area contributed by atoms with Crippen molar-refractivity contribution in [2.75, 3.05) is 19.0 Å². The maximum atomic E-state index is 12.7. The number of halogens is 1. The molecule has 2 aromatic rings. The fourth-order valence-electron chi connectivity index (χ4n) is 3.75. The molecule has 1 aromatic heterocycles. The lowest BCUT2D eigenvalue weighted by molar-refractivity contribution is 0.0463. The van der Waals surface area contributed by atoms with Crippen molar-refractivity contribution in [3.8, 4) is 0 Å². The molecule has 30 heavy (non-hydrogen) atoms. The minimum atomic E-state index is -0.890. The van der Waals surface area contributed by atoms with Crippen LogP contribution in [0.2, 0.25) is 5.02 Å². The molecular weight excluding hydrogens is 406 g/mol. The summed E-state index contributed by atoms with van der Waals surface area (Å²) in [5.74, 6) is 0.226. The van der Waals surface area contributed by atoms with Crippen LogP contribution in [-0.2, 0) is 11.3 Å². The molecule has 1 unspecified atom stereocenters. The maximum absolute atomic E-state index is 12.7. The lowest BCUT2D eigenvalue weighted by atomic mass is 9.88. The van der Waals surface area contributed by atoms with Crippen molar-refractivity contribution in [1.82, 2.24) is 9.88 Å². The second kappa shape index (κ2) is 10.6. The Kier molecular flexibility index (Phi) is 7.90. The topological polar surface area (TPSA) is 92.6 Å². The van der Waals surface area contributed by atoms with Gasteiger partial charge in [0, 0.05) is 24.8 Å². The predicted octanol–water partition coefficient (Wildman–Crippen LogP) is 3.52. The van der Waals surface area contributed by atoms with Gasteiger partial charge in [-0.15, -0.1) is 0 Å². The lowest BCUT2D eigenvalue weighted by Crippen LogP contribution is -2.41. The molecule has 1 saturated carbocycles. The molecule has 0 bridgehead atoms. The van der Waals surface area contributed by atoms with Crippen molar-refractivity contribution in [2.24, 2.45) is 5.92 Å². The number of hydrogen-bond donors (Lipinski definition) is 3. The van der Waals surface area contributed by atoms with Crippen LogP contribution in [0.15, 0.2) is 41.2 Å². The van der Waals surface area contributed by atoms with E-state index in [9.17, 15) is 14.7 Å². The summed E-state index contributed by atoms with van der Waals surface area (Å²) in [6.07, 6.45) is 4.23. The highest BCUT2D eigenvalue weighted by atomic mass is 35.5. The molecule has 1 fully saturated rings. The summed E-state index contributed by atoms with van der Waals surface area (Å²) >= 11 is 6.25. The zero-order valence-electron chi connectivity index (χ0n) is 17.1. The first-order chi connectivity index (χ1) is 14.5. The van der Waals surface area contributed by atoms with Crippen LogP contribution in [0.25, 0.3) is 0 Å². The smallest absolute Gasteiger partial charge is 0.254 e. The van der Waals surface area contributed by atoms with Crippen LogP contribution in [-0.4, -0.2) is 35.5 Å². The number of rotatable bonds is 8. The Morgan fingerprint density at radius 3 is 2.77 bits per heavy atom. The number of aliphatic hydroxyl groups is 1. The number of hydrogen-bond acceptors (Lipinski definition) is 5. The molecule has 7 nitrogen and oxygen atoms in total. The van der Waals surface area contributed by atoms with Gasteiger partial charge in [0.1, 0.15) is 12.0 Å². The monoisotopic (exact) mass is 433 g/mol. The van der Waals surface area contributed by atoms with Gasteiger partial charge < -0.3 is 20.5 Å². The first kappa shape index (κ1) is 22.3. The Morgan fingerprint density at radius 2 is 2.03 bits per heavy atom. The molecule has 0 spiro atoms. The molecule has 1 aromatic carbocycles. The Bertz CT molecular complexity index is 925. The Morgan fingerprint density at radius 1 is 1.27 bits per heavy atom. The SMILES string of the molecule is COCCn1c(Nc2ccc(Cl)c(C(=O)NC(O)C3CCCCC3)c2)cccc1=O. The first-order valence-corrected chi connectivity index (χ1v) is 10.6. The molecule has 1 atom stereocenters. The van der Waals surface area contributed by atoms with E-state index in [1.165, 1.54) is 12.5 Å². The number of nitrogens with zero attached hydrogens (tertiary/aromatic N) is 1. The van der Waals surface area contributed by atoms with E-state index in [1.54, 1.807) is 42.0 Å². The van der Waals surface area contributed by atoms with Crippen LogP contribution >= 0.6 is 11.6 Å². The summed E-state index contributed by atoms with van der Waals surface area (Å²) in [6, 6.07) is 9.88. The van der Waals surface area contributed by atoms with E-state index < -0.39 is 12.1 Å². The van der Waals surface area contributed by atoms with E-state index in [2.05, 4.69) is 10.6 Å². The summed E-state index contributed by atoms with van der Waals surface area (Å²) in [5.41, 5.74) is 0.714. The van der Waals surface area contributed by atoms with E-state index in [1.807, 2.05) is 0 Å². The maximum Gasteiger partial charge on any atom is 0.254 e. The summed E-state index contributed by atoms with van der Waals surface area (Å²) < 4.78 is 6.64. The largest absolute Gasteiger partial charge is 0.383 e. The molecule has 0 aliphatic heterocycles. The number of ether oxygens (including phenoxy) is 1. The highest BCUT2D eigenvalue weighted by molar-refractivity contribution is 6.34. The summed E-state index contributed by atoms with van der Waals surface area (Å²) in [4.78, 5) is 24.9. The summed E-state index contributed by atoms with van der Waals surface area (Å²) in [7, 11) is 1.58. The second-order valence-corrected chi connectivity index (χ2v) is 7.94. The number of benzene rings is 1. The zero-order valence-corrected chi connectivity index (χ0v) is 17.8. The number of nitrogens with one attached hydrogen (secondary N) is 2. The third kappa shape index (κ3) is 5.62. The summed E-state index contributed by atoms with van der Waals surface area (Å²) in [5, 5.41) is 16.5. The van der Waals surface area contributed by atoms with Crippen molar-refractivity contribution < 1.29 is 14.6 Å². The first-order valence-electron chi connectivity index (χ1n) is 10.2. The van der Waals surface area contributed by atoms with Gasteiger partial charge in [-0.25, -0.2) is 0 Å². The van der Waals surface area contributed by atoms with Gasteiger partial charge in [-0.05, 0) is 37.1 Å². The zero-order chi connectivity index (χ0) is 21.5. The molecule has 0 saturated heterocycles. The fraction of sp³-hybridized carbons (Fsp3) is 0.455. The predicted molar refractivity (Wildman–Crippen MR) is 117 cm³/mol. The third-order valence-electron chi connectivity index (χ3n) is 5.43. The molecule has 1 aliphatic carbocycles. The van der Waals surface area contributed by atoms with Gasteiger partial charge in [0.05, 0.1) is 23.7 Å². The van der Waals surface area contributed by atoms with Crippen molar-refractivity contribution in [3.05, 3.63) is 57.3 Å². The van der Waals surface area contributed by atoms with Crippen LogP contribution < -0.4 is 16.2 Å². The number of amides is 1. The molecule has 0 radical (unpaired) electrons. The van der Waals surface area contributed by atoms with Crippen LogP contribution in [0.5, 0.6) is 0 Å². The fourth-order valence-corrected chi connectivity index (χ4v) is 3.95. The molecule has 162 valence electrons. The van der Waals surface area contributed by atoms with Crippen molar-refractivity contribution in [1.29, 1.82) is 0 Å². The van der Waals surface area contributed by atoms with E-state index in [-0.39, 0.29) is 17.0 Å². The number of pyridine rings is 1. The van der Waals surface area contributed by atoms with E-state index in [0.29, 0.717) is 29.7 Å². The van der Waals surface area contributed by atoms with Gasteiger partial charge in [0.2, 0.25) is 0 Å². The van der Waals surface area contributed by atoms with Crippen molar-refractivity contribution in [3.63, 3.8) is 0 Å². The van der Waals surface area contributed by atoms with Crippen LogP contribution in [0, 0.1) is 5.92 Å². The number of anilines is 2. The number of carbonyl (C=O) groups excluding carboxylic acids is 1. The average molecular weight is 434 g/mol. The Hall–Kier alpha value is -2.35. The molecule has 1 heterocycles. The molecule has 8 heteroatoms. The minimum Gasteiger partial charge on any atom is -0.383 e. The molecule has 3 rings (SSSR count). The Balaban J connectivity index is 1.76. The second-order valence-electron chi connectivity index (χ2n) is 7.53. The quantitative estimate of drug-likeness (QED) is 0.554. The van der Waals surface area contributed by atoms with Crippen LogP contribution in [0.4, 0.5) is 11.5 Å². The number of aromatic nitrogens is 1. The average Bonchev–Trinajstić information content (AvgIpc) is 2.75. The van der Waals surface area contributed by atoms with Gasteiger partial charge >= 0.3 is 0 Å². The van der Waals surface area contributed by atoms with Gasteiger partial charge in [-0.1, -0.05) is 36.9 Å². The molecule has 3 N–H and O–H groups in total. The summed E-state index contributed by atoms with van der Waals surface area (Å²) in [6.45, 7) is 0.791. The standard InChI is InChI=1S/C22H28ClN3O4/c1-30-13-12-26-19(8-5-9-20(26)27)24-16-10-11-18(23)17(14-16)22(29)25-21(28)15-6-3-2-4-7-15/h5,8-11,14-15,21,24,28H,2-4,6-7,12-13H2,1H3,(H,25,29). The van der Waals surface area contributed by atoms with E-state index in [4.69, 9.17) is 16.3 Å². The molecule has 1 aliphatic rings. The van der Waals surface area contributed by atoms with Gasteiger partial charge in [-0.3, -0.25) is 14.2 Å². The minimum absolute atomic E-state index is 0.0716. The molecular formula is C22H28ClN3O4.